The van der Waals surface area contributed by atoms with Gasteiger partial charge in [-0.25, -0.2) is 0 Å². The first-order chi connectivity index (χ1) is 7.74. The minimum absolute atomic E-state index is 0.374. The van der Waals surface area contributed by atoms with Crippen molar-refractivity contribution < 1.29 is 9.90 Å². The molecule has 0 amide bonds. The van der Waals surface area contributed by atoms with Gasteiger partial charge in [-0.15, -0.1) is 0 Å². The maximum atomic E-state index is 10.8. The van der Waals surface area contributed by atoms with E-state index in [1.54, 1.807) is 0 Å². The fourth-order valence-corrected chi connectivity index (χ4v) is 2.17. The topological polar surface area (TPSA) is 52.6 Å². The molecular weight excluding hydrogens is 204 g/mol. The maximum Gasteiger partial charge on any atom is 0.320 e. The molecule has 0 spiro atoms. The van der Waals surface area contributed by atoms with Crippen molar-refractivity contribution in [2.75, 3.05) is 26.2 Å². The number of carbonyl (C=O) groups is 1. The zero-order valence-electron chi connectivity index (χ0n) is 10.2. The number of nitrogens with zero attached hydrogens (tertiary/aromatic N) is 1. The van der Waals surface area contributed by atoms with Gasteiger partial charge in [-0.1, -0.05) is 13.3 Å². The van der Waals surface area contributed by atoms with Gasteiger partial charge in [0.05, 0.1) is 0 Å². The quantitative estimate of drug-likeness (QED) is 0.645. The fraction of sp³-hybridized carbons (Fsp3) is 0.917. The van der Waals surface area contributed by atoms with Crippen molar-refractivity contribution >= 4 is 5.97 Å². The zero-order chi connectivity index (χ0) is 11.8. The van der Waals surface area contributed by atoms with Crippen LogP contribution in [-0.2, 0) is 4.79 Å². The van der Waals surface area contributed by atoms with Crippen LogP contribution in [0.2, 0.25) is 0 Å². The molecule has 1 saturated heterocycles. The van der Waals surface area contributed by atoms with Crippen molar-refractivity contribution in [1.29, 1.82) is 0 Å². The molecule has 94 valence electrons. The van der Waals surface area contributed by atoms with Crippen LogP contribution in [0.3, 0.4) is 0 Å². The van der Waals surface area contributed by atoms with E-state index in [2.05, 4.69) is 10.2 Å². The normalized spacial score (nSPS) is 19.6. The number of aliphatic carboxylic acids is 1. The molecule has 0 aromatic rings. The summed E-state index contributed by atoms with van der Waals surface area (Å²) in [7, 11) is 0. The smallest absolute Gasteiger partial charge is 0.320 e. The molecular formula is C12H24N2O2. The van der Waals surface area contributed by atoms with Gasteiger partial charge in [0.1, 0.15) is 6.04 Å². The minimum atomic E-state index is -0.736. The molecule has 0 bridgehead atoms. The van der Waals surface area contributed by atoms with Crippen LogP contribution < -0.4 is 5.32 Å². The second kappa shape index (κ2) is 7.63. The summed E-state index contributed by atoms with van der Waals surface area (Å²) >= 11 is 0. The van der Waals surface area contributed by atoms with Crippen LogP contribution in [0.25, 0.3) is 0 Å². The molecule has 0 aromatic carbocycles. The predicted octanol–water partition coefficient (Wildman–Crippen LogP) is 1.32. The molecule has 4 heteroatoms. The largest absolute Gasteiger partial charge is 0.480 e. The van der Waals surface area contributed by atoms with Gasteiger partial charge in [-0.2, -0.15) is 0 Å². The molecule has 0 saturated carbocycles. The molecule has 1 fully saturated rings. The molecule has 1 unspecified atom stereocenters. The van der Waals surface area contributed by atoms with Crippen molar-refractivity contribution in [2.45, 2.75) is 45.1 Å². The van der Waals surface area contributed by atoms with Crippen LogP contribution in [0.5, 0.6) is 0 Å². The van der Waals surface area contributed by atoms with Crippen LogP contribution in [-0.4, -0.2) is 48.2 Å². The molecule has 0 aromatic heterocycles. The van der Waals surface area contributed by atoms with E-state index in [9.17, 15) is 4.79 Å². The molecule has 1 heterocycles. The molecule has 0 aliphatic carbocycles. The van der Waals surface area contributed by atoms with E-state index in [-0.39, 0.29) is 6.04 Å². The third-order valence-electron chi connectivity index (χ3n) is 3.20. The molecule has 0 radical (unpaired) electrons. The molecule has 1 rings (SSSR count). The number of rotatable bonds is 7. The first kappa shape index (κ1) is 13.5. The number of carboxylic acid groups (broad SMARTS) is 1. The van der Waals surface area contributed by atoms with E-state index >= 15 is 0 Å². The number of carboxylic acids is 1. The number of nitrogens with one attached hydrogen (secondary N) is 1. The van der Waals surface area contributed by atoms with E-state index in [1.807, 2.05) is 6.92 Å². The molecule has 4 nitrogen and oxygen atoms in total. The van der Waals surface area contributed by atoms with Crippen molar-refractivity contribution in [1.82, 2.24) is 10.2 Å². The summed E-state index contributed by atoms with van der Waals surface area (Å²) in [4.78, 5) is 13.2. The molecule has 1 aliphatic heterocycles. The summed E-state index contributed by atoms with van der Waals surface area (Å²) in [5.41, 5.74) is 0. The average molecular weight is 228 g/mol. The Morgan fingerprint density at radius 2 is 2.06 bits per heavy atom. The summed E-state index contributed by atoms with van der Waals surface area (Å²) in [5, 5.41) is 11.9. The Bertz CT molecular complexity index is 203. The van der Waals surface area contributed by atoms with Gasteiger partial charge < -0.3 is 15.3 Å². The van der Waals surface area contributed by atoms with Gasteiger partial charge >= 0.3 is 5.97 Å². The van der Waals surface area contributed by atoms with Crippen molar-refractivity contribution in [3.05, 3.63) is 0 Å². The van der Waals surface area contributed by atoms with E-state index in [0.717, 1.165) is 19.5 Å². The van der Waals surface area contributed by atoms with Gasteiger partial charge in [0, 0.05) is 0 Å². The van der Waals surface area contributed by atoms with Crippen molar-refractivity contribution in [3.8, 4) is 0 Å². The van der Waals surface area contributed by atoms with Crippen LogP contribution in [0.4, 0.5) is 0 Å². The van der Waals surface area contributed by atoms with Gasteiger partial charge in [0.2, 0.25) is 0 Å². The lowest BCUT2D eigenvalue weighted by atomic mass is 10.1. The van der Waals surface area contributed by atoms with E-state index in [0.29, 0.717) is 6.42 Å². The Morgan fingerprint density at radius 1 is 1.38 bits per heavy atom. The number of piperidine rings is 1. The second-order valence-electron chi connectivity index (χ2n) is 4.51. The van der Waals surface area contributed by atoms with Crippen molar-refractivity contribution in [2.24, 2.45) is 0 Å². The van der Waals surface area contributed by atoms with Gasteiger partial charge in [0.25, 0.3) is 0 Å². The molecule has 2 N–H and O–H groups in total. The Morgan fingerprint density at radius 3 is 2.62 bits per heavy atom. The SMILES string of the molecule is CCC(NCCCN1CCCCC1)C(=O)O. The molecule has 16 heavy (non-hydrogen) atoms. The fourth-order valence-electron chi connectivity index (χ4n) is 2.17. The highest BCUT2D eigenvalue weighted by molar-refractivity contribution is 5.73. The minimum Gasteiger partial charge on any atom is -0.480 e. The number of likely N-dealkylation sites (tertiary alicyclic amines) is 1. The lowest BCUT2D eigenvalue weighted by Gasteiger charge is -2.26. The number of hydrogen-bond acceptors (Lipinski definition) is 3. The van der Waals surface area contributed by atoms with E-state index in [1.165, 1.54) is 32.4 Å². The monoisotopic (exact) mass is 228 g/mol. The Labute approximate surface area is 98.0 Å². The Kier molecular flexibility index (Phi) is 6.42. The van der Waals surface area contributed by atoms with Crippen LogP contribution >= 0.6 is 0 Å². The average Bonchev–Trinajstić information content (AvgIpc) is 2.30. The summed E-state index contributed by atoms with van der Waals surface area (Å²) in [6.45, 7) is 6.24. The first-order valence-corrected chi connectivity index (χ1v) is 6.42. The zero-order valence-corrected chi connectivity index (χ0v) is 10.2. The highest BCUT2D eigenvalue weighted by Gasteiger charge is 2.14. The summed E-state index contributed by atoms with van der Waals surface area (Å²) in [6, 6.07) is -0.374. The Hall–Kier alpha value is -0.610. The van der Waals surface area contributed by atoms with Crippen LogP contribution in [0.1, 0.15) is 39.0 Å². The standard InChI is InChI=1S/C12H24N2O2/c1-2-11(12(15)16)13-7-6-10-14-8-4-3-5-9-14/h11,13H,2-10H2,1H3,(H,15,16). The second-order valence-corrected chi connectivity index (χ2v) is 4.51. The van der Waals surface area contributed by atoms with Gasteiger partial charge in [-0.05, 0) is 51.9 Å². The lowest BCUT2D eigenvalue weighted by molar-refractivity contribution is -0.139. The van der Waals surface area contributed by atoms with Crippen molar-refractivity contribution in [3.63, 3.8) is 0 Å². The van der Waals surface area contributed by atoms with Gasteiger partial charge in [-0.3, -0.25) is 4.79 Å². The van der Waals surface area contributed by atoms with Gasteiger partial charge in [0.15, 0.2) is 0 Å². The van der Waals surface area contributed by atoms with Crippen LogP contribution in [0, 0.1) is 0 Å². The predicted molar refractivity (Wildman–Crippen MR) is 64.6 cm³/mol. The highest BCUT2D eigenvalue weighted by Crippen LogP contribution is 2.08. The summed E-state index contributed by atoms with van der Waals surface area (Å²) in [6.07, 6.45) is 5.70. The van der Waals surface area contributed by atoms with E-state index in [4.69, 9.17) is 5.11 Å². The third-order valence-corrected chi connectivity index (χ3v) is 3.20. The molecule has 1 atom stereocenters. The summed E-state index contributed by atoms with van der Waals surface area (Å²) in [5.74, 6) is -0.736. The first-order valence-electron chi connectivity index (χ1n) is 6.42. The maximum absolute atomic E-state index is 10.8. The number of hydrogen-bond donors (Lipinski definition) is 2. The lowest BCUT2D eigenvalue weighted by Crippen LogP contribution is -2.38. The third kappa shape index (κ3) is 4.94. The Balaban J connectivity index is 2.03. The molecule has 1 aliphatic rings. The van der Waals surface area contributed by atoms with Crippen LogP contribution in [0.15, 0.2) is 0 Å². The van der Waals surface area contributed by atoms with E-state index < -0.39 is 5.97 Å². The highest BCUT2D eigenvalue weighted by atomic mass is 16.4. The summed E-state index contributed by atoms with van der Waals surface area (Å²) < 4.78 is 0.